The van der Waals surface area contributed by atoms with E-state index in [-0.39, 0.29) is 12.7 Å². The van der Waals surface area contributed by atoms with Crippen molar-refractivity contribution in [2.24, 2.45) is 0 Å². The first kappa shape index (κ1) is 22.1. The van der Waals surface area contributed by atoms with Crippen LogP contribution >= 0.6 is 15.9 Å². The first-order valence-electron chi connectivity index (χ1n) is 9.44. The fourth-order valence-corrected chi connectivity index (χ4v) is 3.37. The van der Waals surface area contributed by atoms with Gasteiger partial charge in [-0.05, 0) is 42.0 Å². The predicted molar refractivity (Wildman–Crippen MR) is 108 cm³/mol. The molecule has 0 bridgehead atoms. The average molecular weight is 472 g/mol. The third kappa shape index (κ3) is 7.01. The van der Waals surface area contributed by atoms with Crippen LogP contribution in [-0.4, -0.2) is 62.2 Å². The lowest BCUT2D eigenvalue weighted by Crippen LogP contribution is -2.43. The lowest BCUT2D eigenvalue weighted by Gasteiger charge is -2.34. The molecule has 1 aliphatic rings. The molecule has 2 unspecified atom stereocenters. The molecular weight excluding hydrogens is 448 g/mol. The summed E-state index contributed by atoms with van der Waals surface area (Å²) >= 11 is 3.37. The van der Waals surface area contributed by atoms with Gasteiger partial charge in [0.05, 0.1) is 32.0 Å². The van der Waals surface area contributed by atoms with E-state index < -0.39 is 17.7 Å². The van der Waals surface area contributed by atoms with Crippen molar-refractivity contribution in [3.63, 3.8) is 0 Å². The number of aliphatic hydroxyl groups is 1. The minimum absolute atomic E-state index is 0.191. The third-order valence-electron chi connectivity index (χ3n) is 4.56. The van der Waals surface area contributed by atoms with Crippen molar-refractivity contribution in [1.29, 1.82) is 0 Å². The molecule has 29 heavy (non-hydrogen) atoms. The molecule has 5 nitrogen and oxygen atoms in total. The SMILES string of the molecule is OC(COCCOc1ccc(Br)cc1)CN1CCOC(c2ccc(F)c(F)c2)C1. The Bertz CT molecular complexity index is 778. The Labute approximate surface area is 177 Å². The summed E-state index contributed by atoms with van der Waals surface area (Å²) in [6.45, 7) is 2.98. The van der Waals surface area contributed by atoms with Crippen molar-refractivity contribution in [1.82, 2.24) is 4.90 Å². The van der Waals surface area contributed by atoms with E-state index in [2.05, 4.69) is 15.9 Å². The summed E-state index contributed by atoms with van der Waals surface area (Å²) in [4.78, 5) is 2.03. The van der Waals surface area contributed by atoms with Crippen LogP contribution < -0.4 is 4.74 Å². The van der Waals surface area contributed by atoms with E-state index in [0.29, 0.717) is 45.0 Å². The molecule has 158 valence electrons. The highest BCUT2D eigenvalue weighted by Gasteiger charge is 2.24. The number of benzene rings is 2. The molecule has 1 heterocycles. The van der Waals surface area contributed by atoms with Crippen molar-refractivity contribution >= 4 is 15.9 Å². The fourth-order valence-electron chi connectivity index (χ4n) is 3.10. The maximum Gasteiger partial charge on any atom is 0.159 e. The van der Waals surface area contributed by atoms with Gasteiger partial charge >= 0.3 is 0 Å². The highest BCUT2D eigenvalue weighted by molar-refractivity contribution is 9.10. The molecule has 1 N–H and O–H groups in total. The summed E-state index contributed by atoms with van der Waals surface area (Å²) in [6.07, 6.45) is -1.02. The molecule has 0 aliphatic carbocycles. The Balaban J connectivity index is 1.35. The predicted octanol–water partition coefficient (Wildman–Crippen LogP) is 3.56. The Morgan fingerprint density at radius 1 is 1.14 bits per heavy atom. The molecule has 0 spiro atoms. The molecule has 0 amide bonds. The molecule has 1 aliphatic heterocycles. The fraction of sp³-hybridized carbons (Fsp3) is 0.429. The third-order valence-corrected chi connectivity index (χ3v) is 5.08. The topological polar surface area (TPSA) is 51.2 Å². The number of aliphatic hydroxyl groups excluding tert-OH is 1. The molecule has 0 saturated carbocycles. The van der Waals surface area contributed by atoms with E-state index in [0.717, 1.165) is 22.4 Å². The highest BCUT2D eigenvalue weighted by Crippen LogP contribution is 2.24. The van der Waals surface area contributed by atoms with Gasteiger partial charge in [0.15, 0.2) is 11.6 Å². The molecule has 0 aromatic heterocycles. The second-order valence-electron chi connectivity index (χ2n) is 6.82. The molecule has 3 rings (SSSR count). The van der Waals surface area contributed by atoms with Gasteiger partial charge in [0.1, 0.15) is 12.4 Å². The van der Waals surface area contributed by atoms with Gasteiger partial charge in [0.2, 0.25) is 0 Å². The van der Waals surface area contributed by atoms with Crippen molar-refractivity contribution in [3.8, 4) is 5.75 Å². The maximum atomic E-state index is 13.5. The number of morpholine rings is 1. The van der Waals surface area contributed by atoms with Gasteiger partial charge in [-0.3, -0.25) is 4.90 Å². The summed E-state index contributed by atoms with van der Waals surface area (Å²) in [7, 11) is 0. The van der Waals surface area contributed by atoms with Crippen molar-refractivity contribution in [3.05, 3.63) is 64.1 Å². The number of hydrogen-bond donors (Lipinski definition) is 1. The molecule has 2 aromatic carbocycles. The first-order valence-corrected chi connectivity index (χ1v) is 10.2. The molecular formula is C21H24BrF2NO4. The van der Waals surface area contributed by atoms with Gasteiger partial charge in [0.25, 0.3) is 0 Å². The Morgan fingerprint density at radius 2 is 1.93 bits per heavy atom. The van der Waals surface area contributed by atoms with Crippen LogP contribution in [0.25, 0.3) is 0 Å². The van der Waals surface area contributed by atoms with Gasteiger partial charge in [-0.25, -0.2) is 8.78 Å². The van der Waals surface area contributed by atoms with Crippen LogP contribution in [0.4, 0.5) is 8.78 Å². The van der Waals surface area contributed by atoms with Crippen LogP contribution in [0.15, 0.2) is 46.9 Å². The van der Waals surface area contributed by atoms with Gasteiger partial charge < -0.3 is 19.3 Å². The zero-order valence-electron chi connectivity index (χ0n) is 15.9. The van der Waals surface area contributed by atoms with Crippen molar-refractivity contribution in [2.45, 2.75) is 12.2 Å². The number of halogens is 3. The van der Waals surface area contributed by atoms with Crippen LogP contribution in [0.1, 0.15) is 11.7 Å². The van der Waals surface area contributed by atoms with E-state index >= 15 is 0 Å². The summed E-state index contributed by atoms with van der Waals surface area (Å²) in [6, 6.07) is 11.3. The van der Waals surface area contributed by atoms with Crippen LogP contribution in [0.3, 0.4) is 0 Å². The normalized spacial score (nSPS) is 18.6. The van der Waals surface area contributed by atoms with Crippen LogP contribution in [-0.2, 0) is 9.47 Å². The minimum Gasteiger partial charge on any atom is -0.491 e. The second kappa shape index (κ2) is 11.0. The van der Waals surface area contributed by atoms with Gasteiger partial charge in [-0.15, -0.1) is 0 Å². The molecule has 8 heteroatoms. The molecule has 0 radical (unpaired) electrons. The Morgan fingerprint density at radius 3 is 2.69 bits per heavy atom. The number of β-amino-alcohol motifs (C(OH)–C–C–N with tert-alkyl or cyclic N) is 1. The quantitative estimate of drug-likeness (QED) is 0.566. The number of hydrogen-bond acceptors (Lipinski definition) is 5. The maximum absolute atomic E-state index is 13.5. The zero-order valence-corrected chi connectivity index (χ0v) is 17.5. The summed E-state index contributed by atoms with van der Waals surface area (Å²) < 4.78 is 44.3. The number of rotatable bonds is 9. The van der Waals surface area contributed by atoms with Crippen LogP contribution in [0.2, 0.25) is 0 Å². The average Bonchev–Trinajstić information content (AvgIpc) is 2.71. The first-order chi connectivity index (χ1) is 14.0. The number of ether oxygens (including phenoxy) is 3. The van der Waals surface area contributed by atoms with E-state index in [1.807, 2.05) is 29.2 Å². The highest BCUT2D eigenvalue weighted by atomic mass is 79.9. The number of nitrogens with zero attached hydrogens (tertiary/aromatic N) is 1. The van der Waals surface area contributed by atoms with Crippen molar-refractivity contribution < 1.29 is 28.1 Å². The standard InChI is InChI=1S/C21H24BrF2NO4/c22-16-2-4-18(5-3-16)28-10-9-27-14-17(26)12-25-7-8-29-21(13-25)15-1-6-19(23)20(24)11-15/h1-6,11,17,21,26H,7-10,12-14H2. The van der Waals surface area contributed by atoms with Crippen molar-refractivity contribution in [2.75, 3.05) is 46.1 Å². The molecule has 1 fully saturated rings. The van der Waals surface area contributed by atoms with E-state index in [9.17, 15) is 13.9 Å². The summed E-state index contributed by atoms with van der Waals surface area (Å²) in [5.41, 5.74) is 0.587. The smallest absolute Gasteiger partial charge is 0.159 e. The van der Waals surface area contributed by atoms with E-state index in [1.54, 1.807) is 0 Å². The zero-order chi connectivity index (χ0) is 20.6. The Kier molecular flexibility index (Phi) is 8.38. The second-order valence-corrected chi connectivity index (χ2v) is 7.74. The van der Waals surface area contributed by atoms with Gasteiger partial charge in [-0.2, -0.15) is 0 Å². The Hall–Kier alpha value is -1.58. The minimum atomic E-state index is -0.887. The largest absolute Gasteiger partial charge is 0.491 e. The van der Waals surface area contributed by atoms with E-state index in [1.165, 1.54) is 6.07 Å². The van der Waals surface area contributed by atoms with E-state index in [4.69, 9.17) is 14.2 Å². The van der Waals surface area contributed by atoms with Gasteiger partial charge in [0, 0.05) is 24.1 Å². The molecule has 2 atom stereocenters. The van der Waals surface area contributed by atoms with Gasteiger partial charge in [-0.1, -0.05) is 22.0 Å². The molecule has 1 saturated heterocycles. The lowest BCUT2D eigenvalue weighted by atomic mass is 10.1. The lowest BCUT2D eigenvalue weighted by molar-refractivity contribution is -0.0535. The van der Waals surface area contributed by atoms with Crippen LogP contribution in [0.5, 0.6) is 5.75 Å². The molecule has 2 aromatic rings. The summed E-state index contributed by atoms with van der Waals surface area (Å²) in [5.74, 6) is -1.01. The monoisotopic (exact) mass is 471 g/mol. The summed E-state index contributed by atoms with van der Waals surface area (Å²) in [5, 5.41) is 10.2. The van der Waals surface area contributed by atoms with Crippen LogP contribution in [0, 0.1) is 11.6 Å².